The molecule has 1 amide bonds. The first kappa shape index (κ1) is 17.7. The van der Waals surface area contributed by atoms with Gasteiger partial charge in [-0.3, -0.25) is 9.48 Å². The van der Waals surface area contributed by atoms with E-state index in [0.29, 0.717) is 17.5 Å². The average molecular weight is 373 g/mol. The second-order valence-electron chi connectivity index (χ2n) is 6.45. The number of nitrogens with one attached hydrogen (secondary N) is 1. The van der Waals surface area contributed by atoms with E-state index in [1.165, 1.54) is 5.56 Å². The van der Waals surface area contributed by atoms with Gasteiger partial charge >= 0.3 is 0 Å². The van der Waals surface area contributed by atoms with Crippen molar-refractivity contribution in [3.63, 3.8) is 0 Å². The van der Waals surface area contributed by atoms with Gasteiger partial charge in [0.05, 0.1) is 12.2 Å². The lowest BCUT2D eigenvalue weighted by Gasteiger charge is -2.01. The number of rotatable bonds is 5. The van der Waals surface area contributed by atoms with E-state index in [1.807, 2.05) is 68.6 Å². The van der Waals surface area contributed by atoms with Gasteiger partial charge in [0.1, 0.15) is 0 Å². The number of amides is 1. The molecule has 4 aromatic rings. The number of aryl methyl sites for hydroxylation is 2. The molecule has 1 N–H and O–H groups in total. The second-order valence-corrected chi connectivity index (χ2v) is 6.45. The molecule has 0 saturated carbocycles. The van der Waals surface area contributed by atoms with Gasteiger partial charge in [0.25, 0.3) is 5.91 Å². The Labute approximate surface area is 162 Å². The lowest BCUT2D eigenvalue weighted by atomic mass is 10.1. The van der Waals surface area contributed by atoms with Crippen LogP contribution in [-0.2, 0) is 13.6 Å². The third-order valence-corrected chi connectivity index (χ3v) is 4.35. The van der Waals surface area contributed by atoms with E-state index in [9.17, 15) is 4.79 Å². The van der Waals surface area contributed by atoms with Crippen molar-refractivity contribution in [1.82, 2.24) is 25.3 Å². The number of benzene rings is 2. The molecule has 0 aliphatic rings. The lowest BCUT2D eigenvalue weighted by molar-refractivity contribution is 0.0941. The molecule has 2 aromatic heterocycles. The maximum atomic E-state index is 12.5. The van der Waals surface area contributed by atoms with E-state index in [2.05, 4.69) is 20.6 Å². The molecule has 0 aliphatic heterocycles. The van der Waals surface area contributed by atoms with E-state index in [4.69, 9.17) is 4.42 Å². The summed E-state index contributed by atoms with van der Waals surface area (Å²) in [7, 11) is 1.82. The molecular formula is C21H19N5O2. The van der Waals surface area contributed by atoms with Gasteiger partial charge in [-0.25, -0.2) is 0 Å². The zero-order valence-electron chi connectivity index (χ0n) is 15.6. The molecule has 0 fully saturated rings. The van der Waals surface area contributed by atoms with E-state index in [1.54, 1.807) is 10.7 Å². The Morgan fingerprint density at radius 1 is 1.04 bits per heavy atom. The Balaban J connectivity index is 1.44. The minimum Gasteiger partial charge on any atom is -0.419 e. The van der Waals surface area contributed by atoms with E-state index >= 15 is 0 Å². The fourth-order valence-electron chi connectivity index (χ4n) is 2.84. The molecule has 0 bridgehead atoms. The molecule has 0 atom stereocenters. The van der Waals surface area contributed by atoms with Crippen LogP contribution >= 0.6 is 0 Å². The Kier molecular flexibility index (Phi) is 4.72. The summed E-state index contributed by atoms with van der Waals surface area (Å²) in [4.78, 5) is 12.5. The maximum absolute atomic E-state index is 12.5. The normalized spacial score (nSPS) is 10.8. The highest BCUT2D eigenvalue weighted by Crippen LogP contribution is 2.20. The summed E-state index contributed by atoms with van der Waals surface area (Å²) >= 11 is 0. The Bertz CT molecular complexity index is 1100. The van der Waals surface area contributed by atoms with Gasteiger partial charge in [-0.1, -0.05) is 48.0 Å². The van der Waals surface area contributed by atoms with Crippen LogP contribution in [0.25, 0.3) is 22.7 Å². The van der Waals surface area contributed by atoms with Crippen LogP contribution in [0, 0.1) is 6.92 Å². The van der Waals surface area contributed by atoms with Crippen molar-refractivity contribution in [2.45, 2.75) is 13.5 Å². The molecule has 7 heteroatoms. The summed E-state index contributed by atoms with van der Waals surface area (Å²) in [6, 6.07) is 19.3. The topological polar surface area (TPSA) is 85.8 Å². The molecule has 0 spiro atoms. The van der Waals surface area contributed by atoms with Crippen LogP contribution in [0.15, 0.2) is 65.1 Å². The highest BCUT2D eigenvalue weighted by atomic mass is 16.4. The van der Waals surface area contributed by atoms with Crippen LogP contribution in [0.4, 0.5) is 0 Å². The SMILES string of the molecule is Cc1ccc(-c2cc(C(=O)NCc3nnc(-c4ccccc4)o3)nn2C)cc1. The number of hydrogen-bond acceptors (Lipinski definition) is 5. The molecule has 4 rings (SSSR count). The zero-order valence-corrected chi connectivity index (χ0v) is 15.6. The molecule has 0 aliphatic carbocycles. The monoisotopic (exact) mass is 373 g/mol. The van der Waals surface area contributed by atoms with Crippen molar-refractivity contribution in [1.29, 1.82) is 0 Å². The molecular weight excluding hydrogens is 354 g/mol. The van der Waals surface area contributed by atoms with Gasteiger partial charge in [0.15, 0.2) is 5.69 Å². The van der Waals surface area contributed by atoms with Crippen molar-refractivity contribution in [3.05, 3.63) is 77.8 Å². The molecule has 0 unspecified atom stereocenters. The Hall–Kier alpha value is -3.74. The van der Waals surface area contributed by atoms with E-state index < -0.39 is 0 Å². The minimum atomic E-state index is -0.298. The highest BCUT2D eigenvalue weighted by molar-refractivity contribution is 5.93. The van der Waals surface area contributed by atoms with Gasteiger partial charge in [-0.05, 0) is 30.7 Å². The quantitative estimate of drug-likeness (QED) is 0.580. The standard InChI is InChI=1S/C21H19N5O2/c1-14-8-10-15(11-9-14)18-12-17(25-26(18)2)20(27)22-13-19-23-24-21(28-19)16-6-4-3-5-7-16/h3-12H,13H2,1-2H3,(H,22,27). The summed E-state index contributed by atoms with van der Waals surface area (Å²) < 4.78 is 7.30. The third kappa shape index (κ3) is 3.68. The minimum absolute atomic E-state index is 0.134. The van der Waals surface area contributed by atoms with Crippen molar-refractivity contribution in [3.8, 4) is 22.7 Å². The largest absolute Gasteiger partial charge is 0.419 e. The molecule has 7 nitrogen and oxygen atoms in total. The zero-order chi connectivity index (χ0) is 19.5. The number of carbonyl (C=O) groups is 1. The summed E-state index contributed by atoms with van der Waals surface area (Å²) in [6.45, 7) is 2.17. The first-order valence-electron chi connectivity index (χ1n) is 8.87. The smallest absolute Gasteiger partial charge is 0.272 e. The first-order chi connectivity index (χ1) is 13.6. The van der Waals surface area contributed by atoms with E-state index in [-0.39, 0.29) is 12.5 Å². The molecule has 0 saturated heterocycles. The van der Waals surface area contributed by atoms with Gasteiger partial charge < -0.3 is 9.73 Å². The van der Waals surface area contributed by atoms with Crippen LogP contribution in [0.1, 0.15) is 21.9 Å². The van der Waals surface area contributed by atoms with Crippen molar-refractivity contribution in [2.75, 3.05) is 0 Å². The fraction of sp³-hybridized carbons (Fsp3) is 0.143. The molecule has 140 valence electrons. The van der Waals surface area contributed by atoms with Crippen LogP contribution in [-0.4, -0.2) is 25.9 Å². The van der Waals surface area contributed by atoms with Gasteiger partial charge in [0.2, 0.25) is 11.8 Å². The number of nitrogens with zero attached hydrogens (tertiary/aromatic N) is 4. The number of carbonyl (C=O) groups excluding carboxylic acids is 1. The number of aromatic nitrogens is 4. The predicted octanol–water partition coefficient (Wildman–Crippen LogP) is 3.38. The maximum Gasteiger partial charge on any atom is 0.272 e. The van der Waals surface area contributed by atoms with Crippen molar-refractivity contribution in [2.24, 2.45) is 7.05 Å². The van der Waals surface area contributed by atoms with Gasteiger partial charge in [-0.2, -0.15) is 5.10 Å². The summed E-state index contributed by atoms with van der Waals surface area (Å²) in [5, 5.41) is 15.1. The third-order valence-electron chi connectivity index (χ3n) is 4.35. The lowest BCUT2D eigenvalue weighted by Crippen LogP contribution is -2.23. The Morgan fingerprint density at radius 3 is 2.54 bits per heavy atom. The van der Waals surface area contributed by atoms with Crippen LogP contribution < -0.4 is 5.32 Å². The Morgan fingerprint density at radius 2 is 1.79 bits per heavy atom. The average Bonchev–Trinajstić information content (AvgIpc) is 3.34. The number of hydrogen-bond donors (Lipinski definition) is 1. The van der Waals surface area contributed by atoms with Crippen LogP contribution in [0.2, 0.25) is 0 Å². The highest BCUT2D eigenvalue weighted by Gasteiger charge is 2.15. The first-order valence-corrected chi connectivity index (χ1v) is 8.87. The predicted molar refractivity (Wildman–Crippen MR) is 104 cm³/mol. The summed E-state index contributed by atoms with van der Waals surface area (Å²) in [5.41, 5.74) is 4.22. The molecule has 0 radical (unpaired) electrons. The molecule has 28 heavy (non-hydrogen) atoms. The van der Waals surface area contributed by atoms with Crippen LogP contribution in [0.5, 0.6) is 0 Å². The second kappa shape index (κ2) is 7.48. The summed E-state index contributed by atoms with van der Waals surface area (Å²) in [5.74, 6) is 0.458. The molecule has 2 aromatic carbocycles. The van der Waals surface area contributed by atoms with Crippen molar-refractivity contribution < 1.29 is 9.21 Å². The van der Waals surface area contributed by atoms with E-state index in [0.717, 1.165) is 16.8 Å². The van der Waals surface area contributed by atoms with Crippen molar-refractivity contribution >= 4 is 5.91 Å². The van der Waals surface area contributed by atoms with Gasteiger partial charge in [-0.15, -0.1) is 10.2 Å². The molecule has 2 heterocycles. The van der Waals surface area contributed by atoms with Gasteiger partial charge in [0, 0.05) is 12.6 Å². The summed E-state index contributed by atoms with van der Waals surface area (Å²) in [6.07, 6.45) is 0. The fourth-order valence-corrected chi connectivity index (χ4v) is 2.84. The van der Waals surface area contributed by atoms with Crippen LogP contribution in [0.3, 0.4) is 0 Å².